The number of fused-ring (bicyclic) bond motifs is 1. The first-order valence-electron chi connectivity index (χ1n) is 9.25. The Kier molecular flexibility index (Phi) is 27.9. The van der Waals surface area contributed by atoms with Gasteiger partial charge >= 0.3 is 41.5 Å². The predicted molar refractivity (Wildman–Crippen MR) is 143 cm³/mol. The van der Waals surface area contributed by atoms with Gasteiger partial charge in [0.05, 0.1) is 0 Å². The number of nitrogens with zero attached hydrogens (tertiary/aromatic N) is 6. The van der Waals surface area contributed by atoms with Gasteiger partial charge in [0.25, 0.3) is 11.6 Å². The SMILES string of the molecule is CO[C@@]1(/N=C(\[O-])CSCC(N)C(=O)O)C(=O)N2C(C(=O)O)=C(CSc3nnnn3C)CS[C@@H]21.O.O.O.O.O.O.O.[Na+]. The molecule has 1 aromatic rings. The molecule has 0 saturated carbocycles. The fourth-order valence-corrected chi connectivity index (χ4v) is 6.24. The second kappa shape index (κ2) is 22.0. The van der Waals surface area contributed by atoms with Crippen LogP contribution in [0.4, 0.5) is 0 Å². The molecule has 0 aliphatic carbocycles. The Hall–Kier alpha value is -1.62. The van der Waals surface area contributed by atoms with Gasteiger partial charge in [0.15, 0.2) is 0 Å². The summed E-state index contributed by atoms with van der Waals surface area (Å²) < 4.78 is 6.76. The van der Waals surface area contributed by atoms with E-state index in [0.29, 0.717) is 10.7 Å². The number of hydrogen-bond acceptors (Lipinski definition) is 13. The molecule has 0 radical (unpaired) electrons. The van der Waals surface area contributed by atoms with Crippen LogP contribution in [0, 0.1) is 0 Å². The summed E-state index contributed by atoms with van der Waals surface area (Å²) >= 11 is 3.43. The summed E-state index contributed by atoms with van der Waals surface area (Å²) in [4.78, 5) is 40.8. The van der Waals surface area contributed by atoms with E-state index in [1.807, 2.05) is 0 Å². The largest absolute Gasteiger partial charge is 1.00 e. The van der Waals surface area contributed by atoms with Gasteiger partial charge in [-0.15, -0.1) is 16.9 Å². The molecule has 3 rings (SSSR count). The van der Waals surface area contributed by atoms with Crippen LogP contribution in [0.15, 0.2) is 21.4 Å². The molecule has 1 fully saturated rings. The van der Waals surface area contributed by atoms with Gasteiger partial charge in [-0.2, -0.15) is 11.8 Å². The molecule has 25 heteroatoms. The van der Waals surface area contributed by atoms with Crippen LogP contribution < -0.4 is 40.4 Å². The zero-order chi connectivity index (χ0) is 24.3. The number of methoxy groups -OCH3 is 1. The fraction of sp³-hybridized carbons (Fsp3) is 0.562. The molecule has 1 saturated heterocycles. The number of aliphatic imine (C=N–C) groups is 1. The van der Waals surface area contributed by atoms with Crippen molar-refractivity contribution in [3.63, 3.8) is 0 Å². The minimum atomic E-state index is -1.84. The zero-order valence-electron chi connectivity index (χ0n) is 21.9. The van der Waals surface area contributed by atoms with Crippen molar-refractivity contribution in [2.45, 2.75) is 22.3 Å². The van der Waals surface area contributed by atoms with Crippen LogP contribution in [0.5, 0.6) is 0 Å². The topological polar surface area (TPSA) is 430 Å². The van der Waals surface area contributed by atoms with Gasteiger partial charge in [-0.25, -0.2) is 9.48 Å². The van der Waals surface area contributed by atoms with Crippen molar-refractivity contribution in [1.82, 2.24) is 25.1 Å². The van der Waals surface area contributed by atoms with Crippen LogP contribution in [0.3, 0.4) is 0 Å². The molecule has 2 aliphatic heterocycles. The number of aromatic nitrogens is 4. The number of carboxylic acids is 2. The average Bonchev–Trinajstić information content (AvgIpc) is 3.19. The maximum Gasteiger partial charge on any atom is 1.00 e. The molecule has 1 amide bonds. The number of nitrogens with two attached hydrogens (primary N) is 1. The molecule has 2 aliphatic rings. The van der Waals surface area contributed by atoms with Crippen molar-refractivity contribution in [2.75, 3.05) is 30.1 Å². The summed E-state index contributed by atoms with van der Waals surface area (Å²) in [5.41, 5.74) is 3.88. The van der Waals surface area contributed by atoms with E-state index < -0.39 is 40.9 Å². The Balaban J connectivity index is -0.000000383. The normalized spacial score (nSPS) is 19.2. The number of rotatable bonds is 11. The van der Waals surface area contributed by atoms with Crippen molar-refractivity contribution < 1.29 is 102 Å². The van der Waals surface area contributed by atoms with E-state index >= 15 is 0 Å². The van der Waals surface area contributed by atoms with Gasteiger partial charge < -0.3 is 64.1 Å². The maximum atomic E-state index is 13.0. The van der Waals surface area contributed by atoms with Gasteiger partial charge in [0.2, 0.25) is 5.16 Å². The Morgan fingerprint density at radius 1 is 1.24 bits per heavy atom. The third kappa shape index (κ3) is 10.9. The minimum Gasteiger partial charge on any atom is -0.861 e. The zero-order valence-corrected chi connectivity index (χ0v) is 26.4. The summed E-state index contributed by atoms with van der Waals surface area (Å²) in [5, 5.41) is 41.7. The molecule has 3 atom stereocenters. The smallest absolute Gasteiger partial charge is 0.861 e. The summed E-state index contributed by atoms with van der Waals surface area (Å²) in [6.45, 7) is 0. The summed E-state index contributed by atoms with van der Waals surface area (Å²) in [7, 11) is 2.87. The molecule has 18 N–H and O–H groups in total. The van der Waals surface area contributed by atoms with E-state index in [9.17, 15) is 24.6 Å². The van der Waals surface area contributed by atoms with Crippen molar-refractivity contribution in [2.24, 2.45) is 17.8 Å². The molecular formula is C16H34N7NaO14S3. The quantitative estimate of drug-likeness (QED) is 0.0648. The number of ether oxygens (including phenoxy) is 1. The number of tetrazole rings is 1. The standard InChI is InChI=1S/C16H21N7O7S3.Na.7H2O/c1-22-15(19-20-21-22)33-4-7-3-32-14-16(30-2,13(29)23(14)10(7)12(27)28)18-9(24)6-31-5-8(17)11(25)26;;;;;;;;/h8,14H,3-6,17H2,1-2H3,(H,18,24)(H,25,26)(H,27,28);;7*1H2/q;+1;;;;;;;/p-1/t8?,14-,16+;;;;;;;;/m1......../s1. The predicted octanol–water partition coefficient (Wildman–Crippen LogP) is -11.0. The number of carboxylic acid groups (broad SMARTS) is 2. The van der Waals surface area contributed by atoms with Crippen molar-refractivity contribution in [3.8, 4) is 0 Å². The Labute approximate surface area is 266 Å². The van der Waals surface area contributed by atoms with Crippen molar-refractivity contribution >= 4 is 59.0 Å². The number of thioether (sulfide) groups is 3. The van der Waals surface area contributed by atoms with Crippen LogP contribution in [-0.4, -0.2) is 145 Å². The number of β-lactam (4-membered cyclic amide) rings is 1. The number of carbonyl (C=O) groups is 3. The molecule has 41 heavy (non-hydrogen) atoms. The number of hydrogen-bond donors (Lipinski definition) is 3. The van der Waals surface area contributed by atoms with E-state index in [1.54, 1.807) is 7.05 Å². The van der Waals surface area contributed by atoms with Gasteiger partial charge in [0.1, 0.15) is 17.1 Å². The fourth-order valence-electron chi connectivity index (χ4n) is 3.08. The molecule has 0 aromatic carbocycles. The first kappa shape index (κ1) is 52.1. The third-order valence-electron chi connectivity index (χ3n) is 4.69. The van der Waals surface area contributed by atoms with Gasteiger partial charge in [-0.05, 0) is 21.9 Å². The van der Waals surface area contributed by atoms with Crippen LogP contribution in [0.1, 0.15) is 0 Å². The molecule has 1 unspecified atom stereocenters. The Bertz CT molecular complexity index is 1040. The average molecular weight is 668 g/mol. The molecule has 3 heterocycles. The first-order chi connectivity index (χ1) is 15.6. The van der Waals surface area contributed by atoms with Gasteiger partial charge in [0, 0.05) is 37.2 Å². The Morgan fingerprint density at radius 3 is 2.29 bits per heavy atom. The van der Waals surface area contributed by atoms with Crippen LogP contribution in [-0.2, 0) is 26.2 Å². The molecule has 1 aromatic heterocycles. The third-order valence-corrected chi connectivity index (χ3v) is 8.19. The molecular weight excluding hydrogens is 633 g/mol. The minimum absolute atomic E-state index is 0. The van der Waals surface area contributed by atoms with Crippen LogP contribution in [0.25, 0.3) is 0 Å². The summed E-state index contributed by atoms with van der Waals surface area (Å²) in [5.74, 6) is -3.63. The number of aryl methyl sites for hydroxylation is 1. The van der Waals surface area contributed by atoms with Gasteiger partial charge in [-0.1, -0.05) is 11.8 Å². The Morgan fingerprint density at radius 2 is 1.83 bits per heavy atom. The van der Waals surface area contributed by atoms with E-state index in [2.05, 4.69) is 20.5 Å². The van der Waals surface area contributed by atoms with E-state index in [4.69, 9.17) is 15.6 Å². The number of amides is 1. The van der Waals surface area contributed by atoms with E-state index in [-0.39, 0.29) is 96.6 Å². The molecule has 0 bridgehead atoms. The maximum absolute atomic E-state index is 13.0. The molecule has 21 nitrogen and oxygen atoms in total. The van der Waals surface area contributed by atoms with Crippen molar-refractivity contribution in [3.05, 3.63) is 11.3 Å². The van der Waals surface area contributed by atoms with Gasteiger partial charge in [-0.3, -0.25) is 19.5 Å². The summed E-state index contributed by atoms with van der Waals surface area (Å²) in [6, 6.07) is -1.13. The molecule has 0 spiro atoms. The van der Waals surface area contributed by atoms with Crippen LogP contribution in [0.2, 0.25) is 0 Å². The second-order valence-corrected chi connectivity index (χ2v) is 9.88. The van der Waals surface area contributed by atoms with Crippen LogP contribution >= 0.6 is 35.3 Å². The first-order valence-corrected chi connectivity index (χ1v) is 12.4. The number of aliphatic carboxylic acids is 2. The van der Waals surface area contributed by atoms with Crippen molar-refractivity contribution in [1.29, 1.82) is 0 Å². The summed E-state index contributed by atoms with van der Waals surface area (Å²) in [6.07, 6.45) is 0. The molecule has 236 valence electrons. The second-order valence-electron chi connectivity index (χ2n) is 6.84. The monoisotopic (exact) mass is 667 g/mol. The number of carbonyl (C=O) groups excluding carboxylic acids is 1. The van der Waals surface area contributed by atoms with E-state index in [1.165, 1.54) is 35.3 Å². The van der Waals surface area contributed by atoms with E-state index in [0.717, 1.165) is 16.7 Å².